The molecule has 0 radical (unpaired) electrons. The number of nitrogens with one attached hydrogen (secondary N) is 1. The van der Waals surface area contributed by atoms with E-state index in [2.05, 4.69) is 5.32 Å². The zero-order valence-corrected chi connectivity index (χ0v) is 10.2. The maximum atomic E-state index is 13.6. The number of hydrogen-bond acceptors (Lipinski definition) is 2. The van der Waals surface area contributed by atoms with E-state index in [1.807, 2.05) is 0 Å². The largest absolute Gasteiger partial charge is 0.394 e. The lowest BCUT2D eigenvalue weighted by Crippen LogP contribution is -2.17. The van der Waals surface area contributed by atoms with Crippen LogP contribution in [-0.4, -0.2) is 11.7 Å². The van der Waals surface area contributed by atoms with Gasteiger partial charge in [-0.25, -0.2) is 17.6 Å². The number of aliphatic hydroxyl groups is 1. The molecule has 0 aliphatic heterocycles. The summed E-state index contributed by atoms with van der Waals surface area (Å²) in [6.45, 7) is -0.571. The van der Waals surface area contributed by atoms with Gasteiger partial charge in [0.25, 0.3) is 0 Å². The van der Waals surface area contributed by atoms with Crippen LogP contribution in [0.4, 0.5) is 23.2 Å². The van der Waals surface area contributed by atoms with Crippen LogP contribution in [-0.2, 0) is 0 Å². The van der Waals surface area contributed by atoms with Gasteiger partial charge in [0.15, 0.2) is 11.6 Å². The summed E-state index contributed by atoms with van der Waals surface area (Å²) in [6.07, 6.45) is 0. The van der Waals surface area contributed by atoms with Gasteiger partial charge in [0.2, 0.25) is 0 Å². The van der Waals surface area contributed by atoms with E-state index in [4.69, 9.17) is 0 Å². The van der Waals surface area contributed by atoms with Gasteiger partial charge in [-0.1, -0.05) is 6.07 Å². The van der Waals surface area contributed by atoms with Crippen LogP contribution in [0, 0.1) is 23.3 Å². The SMILES string of the molecule is OCC(Nc1cccc(F)c1)c1cc(F)c(F)cc1F. The molecule has 2 rings (SSSR count). The minimum absolute atomic E-state index is 0.240. The highest BCUT2D eigenvalue weighted by atomic mass is 19.2. The van der Waals surface area contributed by atoms with Crippen LogP contribution in [0.1, 0.15) is 11.6 Å². The lowest BCUT2D eigenvalue weighted by molar-refractivity contribution is 0.273. The molecule has 0 amide bonds. The highest BCUT2D eigenvalue weighted by molar-refractivity contribution is 5.46. The van der Waals surface area contributed by atoms with Crippen molar-refractivity contribution in [2.24, 2.45) is 0 Å². The van der Waals surface area contributed by atoms with Crippen molar-refractivity contribution in [1.82, 2.24) is 0 Å². The predicted molar refractivity (Wildman–Crippen MR) is 66.2 cm³/mol. The van der Waals surface area contributed by atoms with Crippen LogP contribution < -0.4 is 5.32 Å². The van der Waals surface area contributed by atoms with Crippen molar-refractivity contribution in [3.8, 4) is 0 Å². The standard InChI is InChI=1S/C14H11F4NO/c15-8-2-1-3-9(4-8)19-14(7-20)10-5-12(17)13(18)6-11(10)16/h1-6,14,19-20H,7H2. The van der Waals surface area contributed by atoms with Crippen LogP contribution >= 0.6 is 0 Å². The van der Waals surface area contributed by atoms with E-state index in [0.29, 0.717) is 12.1 Å². The van der Waals surface area contributed by atoms with E-state index in [9.17, 15) is 22.7 Å². The van der Waals surface area contributed by atoms with E-state index < -0.39 is 35.9 Å². The summed E-state index contributed by atoms with van der Waals surface area (Å²) in [7, 11) is 0. The van der Waals surface area contributed by atoms with E-state index in [0.717, 1.165) is 6.07 Å². The normalized spacial score (nSPS) is 12.2. The van der Waals surface area contributed by atoms with E-state index in [1.165, 1.54) is 18.2 Å². The van der Waals surface area contributed by atoms with Gasteiger partial charge in [0, 0.05) is 17.3 Å². The number of aliphatic hydroxyl groups excluding tert-OH is 1. The van der Waals surface area contributed by atoms with Crippen molar-refractivity contribution < 1.29 is 22.7 Å². The molecule has 6 heteroatoms. The molecule has 0 heterocycles. The summed E-state index contributed by atoms with van der Waals surface area (Å²) in [5.74, 6) is -4.04. The van der Waals surface area contributed by atoms with Crippen LogP contribution in [0.3, 0.4) is 0 Å². The second-order valence-corrected chi connectivity index (χ2v) is 4.18. The molecule has 0 fully saturated rings. The van der Waals surface area contributed by atoms with Gasteiger partial charge in [0.05, 0.1) is 12.6 Å². The zero-order valence-electron chi connectivity index (χ0n) is 10.2. The molecule has 1 atom stereocenters. The first-order valence-corrected chi connectivity index (χ1v) is 5.78. The molecule has 1 unspecified atom stereocenters. The highest BCUT2D eigenvalue weighted by Crippen LogP contribution is 2.24. The molecular weight excluding hydrogens is 274 g/mol. The Morgan fingerprint density at radius 1 is 0.950 bits per heavy atom. The molecule has 106 valence electrons. The molecule has 20 heavy (non-hydrogen) atoms. The van der Waals surface area contributed by atoms with Gasteiger partial charge in [-0.15, -0.1) is 0 Å². The monoisotopic (exact) mass is 285 g/mol. The maximum Gasteiger partial charge on any atom is 0.161 e. The average Bonchev–Trinajstić information content (AvgIpc) is 2.40. The summed E-state index contributed by atoms with van der Waals surface area (Å²) in [5, 5.41) is 11.9. The van der Waals surface area contributed by atoms with Gasteiger partial charge < -0.3 is 10.4 Å². The first kappa shape index (κ1) is 14.3. The van der Waals surface area contributed by atoms with Gasteiger partial charge in [-0.2, -0.15) is 0 Å². The third-order valence-corrected chi connectivity index (χ3v) is 2.76. The fourth-order valence-corrected chi connectivity index (χ4v) is 1.81. The summed E-state index contributed by atoms with van der Waals surface area (Å²) in [4.78, 5) is 0. The molecule has 0 saturated carbocycles. The Bertz CT molecular complexity index is 618. The number of halogens is 4. The van der Waals surface area contributed by atoms with Crippen LogP contribution in [0.5, 0.6) is 0 Å². The third-order valence-electron chi connectivity index (χ3n) is 2.76. The molecule has 2 aromatic carbocycles. The quantitative estimate of drug-likeness (QED) is 0.666. The Morgan fingerprint density at radius 2 is 1.65 bits per heavy atom. The van der Waals surface area contributed by atoms with Crippen molar-refractivity contribution in [3.63, 3.8) is 0 Å². The van der Waals surface area contributed by atoms with Crippen molar-refractivity contribution in [3.05, 3.63) is 65.2 Å². The van der Waals surface area contributed by atoms with Crippen LogP contribution in [0.15, 0.2) is 36.4 Å². The maximum absolute atomic E-state index is 13.6. The van der Waals surface area contributed by atoms with Gasteiger partial charge >= 0.3 is 0 Å². The van der Waals surface area contributed by atoms with Crippen LogP contribution in [0.25, 0.3) is 0 Å². The van der Waals surface area contributed by atoms with E-state index in [1.54, 1.807) is 0 Å². The van der Waals surface area contributed by atoms with Crippen molar-refractivity contribution in [1.29, 1.82) is 0 Å². The number of hydrogen-bond donors (Lipinski definition) is 2. The highest BCUT2D eigenvalue weighted by Gasteiger charge is 2.18. The van der Waals surface area contributed by atoms with Gasteiger partial charge in [-0.3, -0.25) is 0 Å². The molecule has 0 saturated heterocycles. The Labute approximate surface area is 112 Å². The Kier molecular flexibility index (Phi) is 4.24. The second kappa shape index (κ2) is 5.92. The minimum atomic E-state index is -1.31. The molecule has 0 bridgehead atoms. The summed E-state index contributed by atoms with van der Waals surface area (Å²) < 4.78 is 52.7. The number of benzene rings is 2. The fourth-order valence-electron chi connectivity index (χ4n) is 1.81. The molecular formula is C14H11F4NO. The first-order valence-electron chi connectivity index (χ1n) is 5.78. The lowest BCUT2D eigenvalue weighted by Gasteiger charge is -2.19. The second-order valence-electron chi connectivity index (χ2n) is 4.18. The number of anilines is 1. The molecule has 0 aliphatic carbocycles. The van der Waals surface area contributed by atoms with Gasteiger partial charge in [-0.05, 0) is 24.3 Å². The minimum Gasteiger partial charge on any atom is -0.394 e. The molecule has 0 spiro atoms. The summed E-state index contributed by atoms with van der Waals surface area (Å²) in [5.41, 5.74) is 0.0452. The van der Waals surface area contributed by atoms with E-state index in [-0.39, 0.29) is 11.3 Å². The van der Waals surface area contributed by atoms with Crippen molar-refractivity contribution in [2.75, 3.05) is 11.9 Å². The molecule has 2 nitrogen and oxygen atoms in total. The molecule has 2 aromatic rings. The number of rotatable bonds is 4. The predicted octanol–water partition coefficient (Wildman–Crippen LogP) is 3.39. The summed E-state index contributed by atoms with van der Waals surface area (Å²) in [6, 6.07) is 5.33. The van der Waals surface area contributed by atoms with Crippen LogP contribution in [0.2, 0.25) is 0 Å². The fraction of sp³-hybridized carbons (Fsp3) is 0.143. The first-order chi connectivity index (χ1) is 9.51. The Balaban J connectivity index is 2.31. The van der Waals surface area contributed by atoms with Gasteiger partial charge in [0.1, 0.15) is 11.6 Å². The molecule has 2 N–H and O–H groups in total. The Morgan fingerprint density at radius 3 is 2.30 bits per heavy atom. The smallest absolute Gasteiger partial charge is 0.161 e. The van der Waals surface area contributed by atoms with Crippen molar-refractivity contribution >= 4 is 5.69 Å². The lowest BCUT2D eigenvalue weighted by atomic mass is 10.1. The average molecular weight is 285 g/mol. The molecule has 0 aliphatic rings. The summed E-state index contributed by atoms with van der Waals surface area (Å²) >= 11 is 0. The Hall–Kier alpha value is -2.08. The molecule has 0 aromatic heterocycles. The van der Waals surface area contributed by atoms with Crippen molar-refractivity contribution in [2.45, 2.75) is 6.04 Å². The topological polar surface area (TPSA) is 32.3 Å². The zero-order chi connectivity index (χ0) is 14.7. The van der Waals surface area contributed by atoms with E-state index >= 15 is 0 Å². The third kappa shape index (κ3) is 3.08.